The normalized spacial score (nSPS) is 15.0. The molecule has 0 aliphatic carbocycles. The number of piperidine rings is 1. The SMILES string of the molecule is C=C/C=C(\c1cc(-c2n[nH]c3cnc(-c4cnn(C)c4)cc23)[nH]c1C)N1CCCCC1. The second-order valence-corrected chi connectivity index (χ2v) is 8.15. The monoisotopic (exact) mass is 413 g/mol. The molecule has 7 nitrogen and oxygen atoms in total. The van der Waals surface area contributed by atoms with Crippen LogP contribution in [0.1, 0.15) is 30.5 Å². The summed E-state index contributed by atoms with van der Waals surface area (Å²) in [6.45, 7) is 8.24. The maximum Gasteiger partial charge on any atom is 0.116 e. The topological polar surface area (TPSA) is 78.4 Å². The van der Waals surface area contributed by atoms with Crippen molar-refractivity contribution in [1.29, 1.82) is 0 Å². The number of likely N-dealkylation sites (tertiary alicyclic amines) is 1. The van der Waals surface area contributed by atoms with E-state index in [-0.39, 0.29) is 0 Å². The molecular weight excluding hydrogens is 386 g/mol. The van der Waals surface area contributed by atoms with Gasteiger partial charge in [0.2, 0.25) is 0 Å². The lowest BCUT2D eigenvalue weighted by Gasteiger charge is -2.31. The number of nitrogens with zero attached hydrogens (tertiary/aromatic N) is 5. The van der Waals surface area contributed by atoms with Gasteiger partial charge in [0.25, 0.3) is 0 Å². The number of aromatic nitrogens is 6. The van der Waals surface area contributed by atoms with Crippen molar-refractivity contribution in [2.24, 2.45) is 7.05 Å². The molecule has 0 spiro atoms. The van der Waals surface area contributed by atoms with E-state index in [1.54, 1.807) is 4.68 Å². The van der Waals surface area contributed by atoms with Gasteiger partial charge in [-0.1, -0.05) is 12.7 Å². The highest BCUT2D eigenvalue weighted by atomic mass is 15.2. The van der Waals surface area contributed by atoms with Crippen LogP contribution in [0.25, 0.3) is 39.2 Å². The summed E-state index contributed by atoms with van der Waals surface area (Å²) in [7, 11) is 1.91. The van der Waals surface area contributed by atoms with Crippen molar-refractivity contribution >= 4 is 16.6 Å². The predicted molar refractivity (Wildman–Crippen MR) is 124 cm³/mol. The molecule has 0 bridgehead atoms. The van der Waals surface area contributed by atoms with E-state index in [0.717, 1.165) is 52.3 Å². The molecule has 1 fully saturated rings. The Kier molecular flexibility index (Phi) is 4.94. The first-order valence-electron chi connectivity index (χ1n) is 10.7. The summed E-state index contributed by atoms with van der Waals surface area (Å²) in [5.74, 6) is 0. The molecule has 31 heavy (non-hydrogen) atoms. The Bertz CT molecular complexity index is 1260. The number of hydrogen-bond acceptors (Lipinski definition) is 4. The van der Waals surface area contributed by atoms with Crippen LogP contribution in [0.15, 0.2) is 49.5 Å². The molecule has 0 atom stereocenters. The third kappa shape index (κ3) is 3.56. The van der Waals surface area contributed by atoms with Crippen molar-refractivity contribution in [3.63, 3.8) is 0 Å². The maximum absolute atomic E-state index is 4.61. The highest BCUT2D eigenvalue weighted by molar-refractivity contribution is 5.94. The number of allylic oxidation sites excluding steroid dienone is 2. The van der Waals surface area contributed by atoms with Crippen molar-refractivity contribution in [3.05, 3.63) is 60.7 Å². The van der Waals surface area contributed by atoms with E-state index in [1.807, 2.05) is 31.7 Å². The van der Waals surface area contributed by atoms with Crippen molar-refractivity contribution in [2.75, 3.05) is 13.1 Å². The highest BCUT2D eigenvalue weighted by Gasteiger charge is 2.20. The Morgan fingerprint density at radius 1 is 1.16 bits per heavy atom. The molecular formula is C24H27N7. The molecule has 5 rings (SSSR count). The molecule has 4 aromatic rings. The summed E-state index contributed by atoms with van der Waals surface area (Å²) in [6, 6.07) is 4.28. The molecule has 1 saturated heterocycles. The predicted octanol–water partition coefficient (Wildman–Crippen LogP) is 4.67. The third-order valence-corrected chi connectivity index (χ3v) is 5.97. The van der Waals surface area contributed by atoms with Gasteiger partial charge in [0.05, 0.1) is 29.3 Å². The third-order valence-electron chi connectivity index (χ3n) is 5.97. The van der Waals surface area contributed by atoms with Gasteiger partial charge in [-0.05, 0) is 44.4 Å². The summed E-state index contributed by atoms with van der Waals surface area (Å²) in [5, 5.41) is 13.0. The van der Waals surface area contributed by atoms with Crippen LogP contribution in [0.3, 0.4) is 0 Å². The van der Waals surface area contributed by atoms with E-state index in [9.17, 15) is 0 Å². The van der Waals surface area contributed by atoms with Gasteiger partial charge in [-0.3, -0.25) is 14.8 Å². The smallest absolute Gasteiger partial charge is 0.116 e. The highest BCUT2D eigenvalue weighted by Crippen LogP contribution is 2.33. The molecule has 0 aromatic carbocycles. The van der Waals surface area contributed by atoms with Gasteiger partial charge in [-0.2, -0.15) is 10.2 Å². The zero-order chi connectivity index (χ0) is 21.4. The second kappa shape index (κ2) is 7.91. The van der Waals surface area contributed by atoms with Crippen LogP contribution in [-0.2, 0) is 7.05 Å². The second-order valence-electron chi connectivity index (χ2n) is 8.15. The number of pyridine rings is 1. The quantitative estimate of drug-likeness (QED) is 0.466. The van der Waals surface area contributed by atoms with Crippen LogP contribution < -0.4 is 0 Å². The van der Waals surface area contributed by atoms with Crippen LogP contribution in [0.4, 0.5) is 0 Å². The summed E-state index contributed by atoms with van der Waals surface area (Å²) in [5.41, 5.74) is 8.23. The fourth-order valence-electron chi connectivity index (χ4n) is 4.40. The van der Waals surface area contributed by atoms with Gasteiger partial charge in [-0.15, -0.1) is 0 Å². The fraction of sp³-hybridized carbons (Fsp3) is 0.292. The lowest BCUT2D eigenvalue weighted by Crippen LogP contribution is -2.28. The molecule has 1 aliphatic heterocycles. The number of nitrogens with one attached hydrogen (secondary N) is 2. The van der Waals surface area contributed by atoms with E-state index >= 15 is 0 Å². The van der Waals surface area contributed by atoms with Crippen LogP contribution >= 0.6 is 0 Å². The van der Waals surface area contributed by atoms with Gasteiger partial charge < -0.3 is 9.88 Å². The van der Waals surface area contributed by atoms with Crippen LogP contribution in [0.2, 0.25) is 0 Å². The lowest BCUT2D eigenvalue weighted by molar-refractivity contribution is 0.326. The Hall–Kier alpha value is -3.61. The first-order chi connectivity index (χ1) is 15.1. The summed E-state index contributed by atoms with van der Waals surface area (Å²) < 4.78 is 1.78. The Balaban J connectivity index is 1.56. The van der Waals surface area contributed by atoms with E-state index < -0.39 is 0 Å². The average Bonchev–Trinajstić information content (AvgIpc) is 3.50. The molecule has 0 amide bonds. The number of H-pyrrole nitrogens is 2. The average molecular weight is 414 g/mol. The molecule has 158 valence electrons. The Labute approximate surface area is 181 Å². The van der Waals surface area contributed by atoms with Gasteiger partial charge in [0.1, 0.15) is 5.69 Å². The fourth-order valence-corrected chi connectivity index (χ4v) is 4.40. The number of fused-ring (bicyclic) bond motifs is 1. The molecule has 4 aromatic heterocycles. The van der Waals surface area contributed by atoms with Crippen molar-refractivity contribution in [1.82, 2.24) is 34.8 Å². The van der Waals surface area contributed by atoms with Crippen molar-refractivity contribution in [2.45, 2.75) is 26.2 Å². The maximum atomic E-state index is 4.61. The first-order valence-corrected chi connectivity index (χ1v) is 10.7. The first kappa shape index (κ1) is 19.4. The van der Waals surface area contributed by atoms with E-state index in [1.165, 1.54) is 30.5 Å². The summed E-state index contributed by atoms with van der Waals surface area (Å²) >= 11 is 0. The molecule has 2 N–H and O–H groups in total. The van der Waals surface area contributed by atoms with Gasteiger partial charge in [0.15, 0.2) is 0 Å². The summed E-state index contributed by atoms with van der Waals surface area (Å²) in [4.78, 5) is 10.6. The molecule has 7 heteroatoms. The lowest BCUT2D eigenvalue weighted by atomic mass is 10.1. The number of rotatable bonds is 5. The minimum atomic E-state index is 0.882. The Morgan fingerprint density at radius 3 is 2.74 bits per heavy atom. The van der Waals surface area contributed by atoms with Gasteiger partial charge in [-0.25, -0.2) is 0 Å². The minimum Gasteiger partial charge on any atom is -0.371 e. The molecule has 1 aliphatic rings. The zero-order valence-electron chi connectivity index (χ0n) is 18.0. The van der Waals surface area contributed by atoms with Crippen LogP contribution in [-0.4, -0.2) is 47.9 Å². The van der Waals surface area contributed by atoms with E-state index in [0.29, 0.717) is 0 Å². The van der Waals surface area contributed by atoms with Crippen molar-refractivity contribution in [3.8, 4) is 22.6 Å². The summed E-state index contributed by atoms with van der Waals surface area (Å²) in [6.07, 6.45) is 13.4. The number of aromatic amines is 2. The minimum absolute atomic E-state index is 0.882. The van der Waals surface area contributed by atoms with E-state index in [4.69, 9.17) is 0 Å². The van der Waals surface area contributed by atoms with Crippen LogP contribution in [0, 0.1) is 6.92 Å². The molecule has 5 heterocycles. The molecule has 0 unspecified atom stereocenters. The number of aryl methyl sites for hydroxylation is 2. The van der Waals surface area contributed by atoms with Gasteiger partial charge in [0, 0.05) is 54.2 Å². The largest absolute Gasteiger partial charge is 0.371 e. The van der Waals surface area contributed by atoms with E-state index in [2.05, 4.69) is 61.9 Å². The Morgan fingerprint density at radius 2 is 2.00 bits per heavy atom. The van der Waals surface area contributed by atoms with Gasteiger partial charge >= 0.3 is 0 Å². The van der Waals surface area contributed by atoms with Crippen LogP contribution in [0.5, 0.6) is 0 Å². The number of hydrogen-bond donors (Lipinski definition) is 2. The van der Waals surface area contributed by atoms with Crippen molar-refractivity contribution < 1.29 is 0 Å². The molecule has 0 saturated carbocycles. The standard InChI is InChI=1S/C24H27N7/c1-4-8-23(31-9-6-5-7-10-31)18-11-21(27-16(18)2)24-19-12-20(17-13-26-30(3)15-17)25-14-22(19)28-29-24/h4,8,11-15,27H,1,5-7,9-10H2,2-3H3,(H,28,29)/b23-8+. The molecule has 0 radical (unpaired) electrons. The zero-order valence-corrected chi connectivity index (χ0v) is 18.0.